The third kappa shape index (κ3) is 7.95. The summed E-state index contributed by atoms with van der Waals surface area (Å²) in [6.45, 7) is 6.90. The first-order valence-corrected chi connectivity index (χ1v) is 26.9. The number of rotatable bonds is 8. The van der Waals surface area contributed by atoms with Gasteiger partial charge in [0, 0.05) is 28.1 Å². The van der Waals surface area contributed by atoms with E-state index < -0.39 is 0 Å². The van der Waals surface area contributed by atoms with Crippen molar-refractivity contribution in [2.75, 3.05) is 14.7 Å². The second-order valence-electron chi connectivity index (χ2n) is 21.3. The van der Waals surface area contributed by atoms with E-state index in [1.165, 1.54) is 11.1 Å². The summed E-state index contributed by atoms with van der Waals surface area (Å²) in [5, 5.41) is 0. The van der Waals surface area contributed by atoms with E-state index >= 15 is 0 Å². The average molecular weight is 1030 g/mol. The van der Waals surface area contributed by atoms with Crippen molar-refractivity contribution in [3.8, 4) is 33.4 Å². The van der Waals surface area contributed by atoms with E-state index in [9.17, 15) is 0 Å². The van der Waals surface area contributed by atoms with Gasteiger partial charge in [0.05, 0.1) is 39.8 Å². The molecule has 10 nitrogen and oxygen atoms in total. The van der Waals surface area contributed by atoms with Crippen LogP contribution >= 0.6 is 0 Å². The van der Waals surface area contributed by atoms with Crippen LogP contribution in [0.4, 0.5) is 51.2 Å². The van der Waals surface area contributed by atoms with E-state index in [0.717, 1.165) is 95.7 Å². The molecule has 0 saturated heterocycles. The van der Waals surface area contributed by atoms with Crippen LogP contribution in [0.5, 0.6) is 0 Å². The van der Waals surface area contributed by atoms with Gasteiger partial charge in [0.2, 0.25) is 17.9 Å². The van der Waals surface area contributed by atoms with Crippen molar-refractivity contribution in [2.24, 2.45) is 30.0 Å². The Balaban J connectivity index is 0.975. The molecule has 5 aliphatic rings. The van der Waals surface area contributed by atoms with Crippen molar-refractivity contribution < 1.29 is 0 Å². The van der Waals surface area contributed by atoms with Crippen LogP contribution in [-0.2, 0) is 5.41 Å². The summed E-state index contributed by atoms with van der Waals surface area (Å²) in [5.74, 6) is 2.65. The zero-order chi connectivity index (χ0) is 53.5. The molecule has 80 heavy (non-hydrogen) atoms. The van der Waals surface area contributed by atoms with E-state index in [4.69, 9.17) is 30.0 Å². The second kappa shape index (κ2) is 18.6. The molecule has 0 unspecified atom stereocenters. The van der Waals surface area contributed by atoms with E-state index in [2.05, 4.69) is 224 Å². The first-order chi connectivity index (χ1) is 39.3. The molecule has 0 fully saturated rings. The van der Waals surface area contributed by atoms with Crippen LogP contribution < -0.4 is 14.7 Å². The number of fused-ring (bicyclic) bond motifs is 4. The third-order valence-corrected chi connectivity index (χ3v) is 15.3. The minimum atomic E-state index is -0.213. The van der Waals surface area contributed by atoms with Gasteiger partial charge in [-0.25, -0.2) is 4.90 Å². The highest BCUT2D eigenvalue weighted by Gasteiger charge is 2.42. The Kier molecular flexibility index (Phi) is 10.8. The normalized spacial score (nSPS) is 14.8. The molecule has 10 aromatic carbocycles. The van der Waals surface area contributed by atoms with Crippen molar-refractivity contribution in [1.82, 2.24) is 4.90 Å². The van der Waals surface area contributed by atoms with Gasteiger partial charge in [-0.3, -0.25) is 0 Å². The summed E-state index contributed by atoms with van der Waals surface area (Å²) in [6, 6.07) is 87.9. The molecular formula is C70H50N10. The molecule has 0 atom stereocenters. The van der Waals surface area contributed by atoms with E-state index in [0.29, 0.717) is 35.4 Å². The molecule has 0 amide bonds. The molecule has 5 heterocycles. The van der Waals surface area contributed by atoms with Gasteiger partial charge in [0.15, 0.2) is 17.5 Å². The molecule has 10 aromatic rings. The molecule has 0 spiro atoms. The third-order valence-electron chi connectivity index (χ3n) is 15.3. The molecule has 0 aliphatic carbocycles. The predicted octanol–water partition coefficient (Wildman–Crippen LogP) is 17.1. The summed E-state index contributed by atoms with van der Waals surface area (Å²) in [5.41, 5.74) is 19.6. The van der Waals surface area contributed by atoms with Crippen molar-refractivity contribution in [1.29, 1.82) is 0 Å². The van der Waals surface area contributed by atoms with Crippen LogP contribution in [0.1, 0.15) is 43.0 Å². The SMILES string of the molecule is CC(C)(C)c1cc2c3c(c1)N(c1ccc(-c4ccccc4)cc1)c1ccc(-c4ccccc4)cc1N3c1cc(C3=NC4=NC(c5ccccc5)=NC5=NC(c6ccccc6)=NC(=N3)N54)ccc1N2c1ccc(-c2ccccc2)cc1. The lowest BCUT2D eigenvalue weighted by Crippen LogP contribution is -2.48. The van der Waals surface area contributed by atoms with Crippen LogP contribution in [0.2, 0.25) is 0 Å². The van der Waals surface area contributed by atoms with Gasteiger partial charge >= 0.3 is 0 Å². The maximum atomic E-state index is 5.27. The summed E-state index contributed by atoms with van der Waals surface area (Å²) in [7, 11) is 0. The van der Waals surface area contributed by atoms with Gasteiger partial charge in [-0.05, 0) is 111 Å². The van der Waals surface area contributed by atoms with Gasteiger partial charge in [0.25, 0.3) is 0 Å². The van der Waals surface area contributed by atoms with Crippen molar-refractivity contribution in [2.45, 2.75) is 26.2 Å². The maximum absolute atomic E-state index is 5.27. The second-order valence-corrected chi connectivity index (χ2v) is 21.3. The fourth-order valence-corrected chi connectivity index (χ4v) is 11.2. The predicted molar refractivity (Wildman–Crippen MR) is 329 cm³/mol. The maximum Gasteiger partial charge on any atom is 0.243 e. The largest absolute Gasteiger partial charge is 0.306 e. The number of hydrogen-bond donors (Lipinski definition) is 0. The molecule has 380 valence electrons. The average Bonchev–Trinajstić information content (AvgIpc) is 2.78. The quantitative estimate of drug-likeness (QED) is 0.152. The summed E-state index contributed by atoms with van der Waals surface area (Å²) >= 11 is 0. The van der Waals surface area contributed by atoms with Crippen molar-refractivity contribution in [3.63, 3.8) is 0 Å². The molecule has 0 radical (unpaired) electrons. The Morgan fingerprint density at radius 1 is 0.250 bits per heavy atom. The number of aliphatic imine (C=N–C) groups is 6. The van der Waals surface area contributed by atoms with E-state index in [1.54, 1.807) is 4.90 Å². The molecular weight excluding hydrogens is 981 g/mol. The van der Waals surface area contributed by atoms with Crippen LogP contribution in [-0.4, -0.2) is 40.3 Å². The standard InChI is InChI=1S/C70H50N10/c1-70(2,3)54-43-61-63-62(44-54)78(56-37-31-49(32-38-56)46-21-11-5-12-22-46)58-40-34-53(66-75-68-73-64(50-25-15-7-16-26-50)71-67-72-65(51-27-17-8-18-28-51)74-69(76-66)80(67)68)42-60(58)79(63)59-41-52(47-23-13-6-14-24-47)33-39-57(59)77(61)55-35-29-48(30-36-55)45-19-9-4-10-20-45/h4-44H,1-3H3. The highest BCUT2D eigenvalue weighted by Crippen LogP contribution is 2.64. The van der Waals surface area contributed by atoms with Gasteiger partial charge in [0.1, 0.15) is 0 Å². The first kappa shape index (κ1) is 46.7. The van der Waals surface area contributed by atoms with Gasteiger partial charge in [-0.15, -0.1) is 0 Å². The van der Waals surface area contributed by atoms with E-state index in [1.807, 2.05) is 60.7 Å². The summed E-state index contributed by atoms with van der Waals surface area (Å²) < 4.78 is 0. The van der Waals surface area contributed by atoms with Crippen molar-refractivity contribution >= 4 is 86.6 Å². The highest BCUT2D eigenvalue weighted by molar-refractivity contribution is 6.34. The molecule has 5 aliphatic heterocycles. The Hall–Kier alpha value is -10.6. The number of anilines is 9. The zero-order valence-corrected chi connectivity index (χ0v) is 44.1. The fraction of sp³-hybridized carbons (Fsp3) is 0.0571. The van der Waals surface area contributed by atoms with Gasteiger partial charge in [-0.1, -0.05) is 203 Å². The lowest BCUT2D eigenvalue weighted by molar-refractivity contribution is 0.590. The summed E-state index contributed by atoms with van der Waals surface area (Å²) in [6.07, 6.45) is 0. The van der Waals surface area contributed by atoms with Crippen LogP contribution in [0.15, 0.2) is 279 Å². The smallest absolute Gasteiger partial charge is 0.243 e. The molecule has 10 heteroatoms. The summed E-state index contributed by atoms with van der Waals surface area (Å²) in [4.78, 5) is 39.8. The Morgan fingerprint density at radius 2 is 0.575 bits per heavy atom. The number of nitrogens with zero attached hydrogens (tertiary/aromatic N) is 10. The van der Waals surface area contributed by atoms with Gasteiger partial charge in [-0.2, -0.15) is 30.0 Å². The van der Waals surface area contributed by atoms with Crippen LogP contribution in [0.3, 0.4) is 0 Å². The highest BCUT2D eigenvalue weighted by atomic mass is 15.5. The number of guanidine groups is 3. The zero-order valence-electron chi connectivity index (χ0n) is 44.1. The molecule has 0 N–H and O–H groups in total. The Labute approximate surface area is 464 Å². The minimum Gasteiger partial charge on any atom is -0.306 e. The van der Waals surface area contributed by atoms with Crippen LogP contribution in [0, 0.1) is 0 Å². The molecule has 0 aromatic heterocycles. The number of hydrogen-bond acceptors (Lipinski definition) is 10. The minimum absolute atomic E-state index is 0.213. The fourth-order valence-electron chi connectivity index (χ4n) is 11.2. The topological polar surface area (TPSA) is 87.1 Å². The van der Waals surface area contributed by atoms with E-state index in [-0.39, 0.29) is 5.41 Å². The first-order valence-electron chi connectivity index (χ1n) is 26.9. The van der Waals surface area contributed by atoms with Gasteiger partial charge < -0.3 is 14.7 Å². The molecule has 0 saturated carbocycles. The van der Waals surface area contributed by atoms with Crippen LogP contribution in [0.25, 0.3) is 33.4 Å². The Bertz CT molecular complexity index is 4240. The van der Waals surface area contributed by atoms with Crippen molar-refractivity contribution in [3.05, 3.63) is 271 Å². The molecule has 0 bridgehead atoms. The Morgan fingerprint density at radius 3 is 0.975 bits per heavy atom. The monoisotopic (exact) mass is 1030 g/mol. The number of amidine groups is 3. The number of benzene rings is 10. The lowest BCUT2D eigenvalue weighted by Gasteiger charge is -2.48. The lowest BCUT2D eigenvalue weighted by atomic mass is 9.84. The molecule has 15 rings (SSSR count).